The predicted molar refractivity (Wildman–Crippen MR) is 78.0 cm³/mol. The largest absolute Gasteiger partial charge is 0.481 e. The van der Waals surface area contributed by atoms with Crippen molar-refractivity contribution in [2.24, 2.45) is 5.92 Å². The number of carboxylic acid groups (broad SMARTS) is 1. The zero-order valence-corrected chi connectivity index (χ0v) is 12.0. The molecule has 2 rings (SSSR count). The number of rotatable bonds is 3. The van der Waals surface area contributed by atoms with Crippen molar-refractivity contribution >= 4 is 28.9 Å². The summed E-state index contributed by atoms with van der Waals surface area (Å²) in [6.07, 6.45) is -0.261. The van der Waals surface area contributed by atoms with Gasteiger partial charge in [0.15, 0.2) is 6.10 Å². The highest BCUT2D eigenvalue weighted by molar-refractivity contribution is 7.80. The number of para-hydroxylation sites is 1. The van der Waals surface area contributed by atoms with Crippen LogP contribution in [0.5, 0.6) is 5.75 Å². The summed E-state index contributed by atoms with van der Waals surface area (Å²) in [4.78, 5) is 13.2. The van der Waals surface area contributed by atoms with Crippen LogP contribution in [-0.4, -0.2) is 28.7 Å². The summed E-state index contributed by atoms with van der Waals surface area (Å²) in [5.74, 6) is 0.0202. The second kappa shape index (κ2) is 5.17. The third kappa shape index (κ3) is 2.56. The van der Waals surface area contributed by atoms with E-state index in [9.17, 15) is 4.79 Å². The molecule has 0 saturated heterocycles. The van der Waals surface area contributed by atoms with Gasteiger partial charge in [0.25, 0.3) is 0 Å². The first-order valence-electron chi connectivity index (χ1n) is 6.21. The van der Waals surface area contributed by atoms with Crippen molar-refractivity contribution < 1.29 is 14.6 Å². The zero-order chi connectivity index (χ0) is 14.2. The number of fused-ring (bicyclic) bond motifs is 1. The van der Waals surface area contributed by atoms with Crippen LogP contribution in [0.3, 0.4) is 0 Å². The standard InChI is InChI=1S/C14H17NO3S/c1-8(2)12-14(19)15(7-11(16)17)10-6-4-5-9(3)13(10)18-12/h4-6,8,12H,7H2,1-3H3,(H,16,17). The van der Waals surface area contributed by atoms with Gasteiger partial charge in [0.05, 0.1) is 5.69 Å². The minimum Gasteiger partial charge on any atom is -0.481 e. The van der Waals surface area contributed by atoms with Crippen LogP contribution in [0.25, 0.3) is 0 Å². The number of thiocarbonyl (C=S) groups is 1. The molecular formula is C14H17NO3S. The molecule has 0 spiro atoms. The Hall–Kier alpha value is -1.62. The van der Waals surface area contributed by atoms with Crippen LogP contribution in [-0.2, 0) is 4.79 Å². The van der Waals surface area contributed by atoms with Crippen LogP contribution in [0.4, 0.5) is 5.69 Å². The van der Waals surface area contributed by atoms with E-state index in [1.165, 1.54) is 0 Å². The van der Waals surface area contributed by atoms with E-state index >= 15 is 0 Å². The highest BCUT2D eigenvalue weighted by Crippen LogP contribution is 2.38. The van der Waals surface area contributed by atoms with Gasteiger partial charge in [-0.05, 0) is 24.5 Å². The summed E-state index contributed by atoms with van der Waals surface area (Å²) in [6, 6.07) is 5.67. The average molecular weight is 279 g/mol. The van der Waals surface area contributed by atoms with E-state index in [-0.39, 0.29) is 18.6 Å². The highest BCUT2D eigenvalue weighted by atomic mass is 32.1. The first-order chi connectivity index (χ1) is 8.91. The van der Waals surface area contributed by atoms with Crippen LogP contribution in [0, 0.1) is 12.8 Å². The molecule has 0 fully saturated rings. The molecular weight excluding hydrogens is 262 g/mol. The third-order valence-electron chi connectivity index (χ3n) is 3.14. The molecule has 1 heterocycles. The molecule has 0 aromatic heterocycles. The van der Waals surface area contributed by atoms with E-state index in [1.54, 1.807) is 4.90 Å². The number of hydrogen-bond donors (Lipinski definition) is 1. The van der Waals surface area contributed by atoms with Crippen molar-refractivity contribution in [2.45, 2.75) is 26.9 Å². The molecule has 5 heteroatoms. The van der Waals surface area contributed by atoms with Gasteiger partial charge >= 0.3 is 5.97 Å². The lowest BCUT2D eigenvalue weighted by atomic mass is 10.0. The van der Waals surface area contributed by atoms with Crippen molar-refractivity contribution in [1.82, 2.24) is 0 Å². The number of carboxylic acids is 1. The Morgan fingerprint density at radius 3 is 2.79 bits per heavy atom. The number of carbonyl (C=O) groups is 1. The number of aliphatic carboxylic acids is 1. The van der Waals surface area contributed by atoms with Crippen LogP contribution in [0.15, 0.2) is 18.2 Å². The zero-order valence-electron chi connectivity index (χ0n) is 11.2. The lowest BCUT2D eigenvalue weighted by Crippen LogP contribution is -2.49. The van der Waals surface area contributed by atoms with Crippen LogP contribution in [0.2, 0.25) is 0 Å². The number of benzene rings is 1. The van der Waals surface area contributed by atoms with Gasteiger partial charge in [0, 0.05) is 0 Å². The first kappa shape index (κ1) is 13.8. The summed E-state index contributed by atoms with van der Waals surface area (Å²) in [5, 5.41) is 9.06. The van der Waals surface area contributed by atoms with Gasteiger partial charge in [0.2, 0.25) is 0 Å². The molecule has 1 aromatic rings. The fraction of sp³-hybridized carbons (Fsp3) is 0.429. The predicted octanol–water partition coefficient (Wildman–Crippen LogP) is 2.63. The second-order valence-corrected chi connectivity index (χ2v) is 5.44. The molecule has 19 heavy (non-hydrogen) atoms. The lowest BCUT2D eigenvalue weighted by Gasteiger charge is -2.38. The Morgan fingerprint density at radius 1 is 1.53 bits per heavy atom. The molecule has 1 atom stereocenters. The van der Waals surface area contributed by atoms with E-state index < -0.39 is 5.97 Å². The van der Waals surface area contributed by atoms with Crippen molar-refractivity contribution in [3.63, 3.8) is 0 Å². The van der Waals surface area contributed by atoms with Gasteiger partial charge in [-0.25, -0.2) is 0 Å². The molecule has 1 aromatic carbocycles. The average Bonchev–Trinajstić information content (AvgIpc) is 2.32. The minimum atomic E-state index is -0.904. The molecule has 0 amide bonds. The molecule has 4 nitrogen and oxygen atoms in total. The Kier molecular flexibility index (Phi) is 3.75. The SMILES string of the molecule is Cc1cccc2c1OC(C(C)C)C(=S)N2CC(=O)O. The van der Waals surface area contributed by atoms with Gasteiger partial charge < -0.3 is 14.7 Å². The lowest BCUT2D eigenvalue weighted by molar-refractivity contribution is -0.135. The maximum atomic E-state index is 11.0. The van der Waals surface area contributed by atoms with Gasteiger partial charge in [-0.2, -0.15) is 0 Å². The summed E-state index contributed by atoms with van der Waals surface area (Å²) in [7, 11) is 0. The fourth-order valence-corrected chi connectivity index (χ4v) is 2.66. The molecule has 1 N–H and O–H groups in total. The summed E-state index contributed by atoms with van der Waals surface area (Å²) >= 11 is 5.40. The summed E-state index contributed by atoms with van der Waals surface area (Å²) in [5.41, 5.74) is 1.73. The topological polar surface area (TPSA) is 49.8 Å². The molecule has 1 aliphatic heterocycles. The number of aryl methyl sites for hydroxylation is 1. The fourth-order valence-electron chi connectivity index (χ4n) is 2.17. The number of hydrogen-bond acceptors (Lipinski definition) is 3. The molecule has 0 radical (unpaired) electrons. The maximum absolute atomic E-state index is 11.0. The molecule has 102 valence electrons. The van der Waals surface area contributed by atoms with E-state index in [0.717, 1.165) is 17.0 Å². The van der Waals surface area contributed by atoms with Gasteiger partial charge in [0.1, 0.15) is 17.3 Å². The van der Waals surface area contributed by atoms with Gasteiger partial charge in [-0.1, -0.05) is 38.2 Å². The molecule has 1 unspecified atom stereocenters. The van der Waals surface area contributed by atoms with Crippen molar-refractivity contribution in [1.29, 1.82) is 0 Å². The van der Waals surface area contributed by atoms with E-state index in [2.05, 4.69) is 0 Å². The number of nitrogens with zero attached hydrogens (tertiary/aromatic N) is 1. The second-order valence-electron chi connectivity index (χ2n) is 5.02. The Balaban J connectivity index is 2.49. The van der Waals surface area contributed by atoms with Crippen molar-refractivity contribution in [2.75, 3.05) is 11.4 Å². The summed E-state index contributed by atoms with van der Waals surface area (Å²) < 4.78 is 5.97. The Labute approximate surface area is 118 Å². The Bertz CT molecular complexity index is 527. The van der Waals surface area contributed by atoms with Gasteiger partial charge in [-0.3, -0.25) is 4.79 Å². The highest BCUT2D eigenvalue weighted by Gasteiger charge is 2.34. The molecule has 0 aliphatic carbocycles. The maximum Gasteiger partial charge on any atom is 0.323 e. The molecule has 0 bridgehead atoms. The minimum absolute atomic E-state index is 0.137. The third-order valence-corrected chi connectivity index (χ3v) is 3.59. The molecule has 0 saturated carbocycles. The normalized spacial score (nSPS) is 18.2. The van der Waals surface area contributed by atoms with E-state index in [1.807, 2.05) is 39.0 Å². The quantitative estimate of drug-likeness (QED) is 0.862. The van der Waals surface area contributed by atoms with Gasteiger partial charge in [-0.15, -0.1) is 0 Å². The van der Waals surface area contributed by atoms with Crippen molar-refractivity contribution in [3.05, 3.63) is 23.8 Å². The number of ether oxygens (including phenoxy) is 1. The van der Waals surface area contributed by atoms with E-state index in [0.29, 0.717) is 4.99 Å². The monoisotopic (exact) mass is 279 g/mol. The van der Waals surface area contributed by atoms with E-state index in [4.69, 9.17) is 22.1 Å². The van der Waals surface area contributed by atoms with Crippen LogP contribution in [0.1, 0.15) is 19.4 Å². The Morgan fingerprint density at radius 2 is 2.21 bits per heavy atom. The van der Waals surface area contributed by atoms with Crippen molar-refractivity contribution in [3.8, 4) is 5.75 Å². The number of anilines is 1. The molecule has 1 aliphatic rings. The van der Waals surface area contributed by atoms with Crippen LogP contribution < -0.4 is 9.64 Å². The first-order valence-corrected chi connectivity index (χ1v) is 6.62. The summed E-state index contributed by atoms with van der Waals surface area (Å²) in [6.45, 7) is 5.84. The van der Waals surface area contributed by atoms with Crippen LogP contribution >= 0.6 is 12.2 Å². The smallest absolute Gasteiger partial charge is 0.323 e.